The number of carboxylic acids is 1. The normalized spacial score (nSPS) is 21.6. The molecule has 1 N–H and O–H groups in total. The maximum atomic E-state index is 13.7. The van der Waals surface area contributed by atoms with Crippen molar-refractivity contribution in [3.05, 3.63) is 48.3 Å². The highest BCUT2D eigenvalue weighted by atomic mass is 16.7. The van der Waals surface area contributed by atoms with Gasteiger partial charge in [-0.3, -0.25) is 19.5 Å². The molecular formula is C29H39N3O5. The Balaban J connectivity index is 1.63. The molecule has 4 rings (SSSR count). The van der Waals surface area contributed by atoms with Crippen LogP contribution in [-0.4, -0.2) is 59.3 Å². The van der Waals surface area contributed by atoms with E-state index < -0.39 is 11.9 Å². The van der Waals surface area contributed by atoms with Crippen molar-refractivity contribution >= 4 is 17.6 Å². The summed E-state index contributed by atoms with van der Waals surface area (Å²) >= 11 is 0. The smallest absolute Gasteiger partial charge is 0.308 e. The number of likely N-dealkylation sites (tertiary alicyclic amines) is 1. The molecule has 2 aliphatic rings. The van der Waals surface area contributed by atoms with Crippen molar-refractivity contribution in [3.63, 3.8) is 0 Å². The molecule has 3 heterocycles. The third kappa shape index (κ3) is 6.24. The highest BCUT2D eigenvalue weighted by Crippen LogP contribution is 2.43. The van der Waals surface area contributed by atoms with Crippen LogP contribution in [-0.2, 0) is 9.59 Å². The molecular weight excluding hydrogens is 470 g/mol. The molecule has 0 bridgehead atoms. The number of ether oxygens (including phenoxy) is 2. The molecule has 1 aromatic carbocycles. The molecule has 4 atom stereocenters. The number of pyridine rings is 1. The molecule has 0 aliphatic carbocycles. The van der Waals surface area contributed by atoms with Gasteiger partial charge in [0.25, 0.3) is 0 Å². The maximum absolute atomic E-state index is 13.7. The van der Waals surface area contributed by atoms with Crippen LogP contribution in [0.5, 0.6) is 11.5 Å². The van der Waals surface area contributed by atoms with E-state index >= 15 is 0 Å². The standard InChI is InChI=1S/C29H39N3O5/c1-4-6-13-32(22-9-7-12-30-16-22)27(33)18-31-17-23(21-10-11-25-26(15-21)37-19-36-25)28(29(34)35)24(31)14-20(3)8-5-2/h7,9-12,15-16,20,23-24,28H,4-6,8,13-14,17-19H2,1-3H3,(H,34,35)/t20?,23-,24+,28?/m1/s1. The van der Waals surface area contributed by atoms with Gasteiger partial charge in [-0.05, 0) is 48.6 Å². The number of nitrogens with zero attached hydrogens (tertiary/aromatic N) is 3. The van der Waals surface area contributed by atoms with Crippen LogP contribution in [0.25, 0.3) is 0 Å². The van der Waals surface area contributed by atoms with E-state index in [4.69, 9.17) is 9.47 Å². The van der Waals surface area contributed by atoms with Crippen molar-refractivity contribution in [1.82, 2.24) is 9.88 Å². The van der Waals surface area contributed by atoms with Gasteiger partial charge in [0.1, 0.15) is 0 Å². The minimum atomic E-state index is -0.818. The molecule has 8 nitrogen and oxygen atoms in total. The predicted molar refractivity (Wildman–Crippen MR) is 142 cm³/mol. The summed E-state index contributed by atoms with van der Waals surface area (Å²) in [5.41, 5.74) is 1.69. The summed E-state index contributed by atoms with van der Waals surface area (Å²) in [7, 11) is 0. The van der Waals surface area contributed by atoms with E-state index in [2.05, 4.69) is 30.7 Å². The van der Waals surface area contributed by atoms with Crippen LogP contribution >= 0.6 is 0 Å². The van der Waals surface area contributed by atoms with Gasteiger partial charge in [0.15, 0.2) is 11.5 Å². The Morgan fingerprint density at radius 2 is 2.00 bits per heavy atom. The first-order valence-electron chi connectivity index (χ1n) is 13.5. The second kappa shape index (κ2) is 12.4. The number of aliphatic carboxylic acids is 1. The first kappa shape index (κ1) is 26.9. The molecule has 2 unspecified atom stereocenters. The molecule has 1 saturated heterocycles. The Morgan fingerprint density at radius 1 is 1.19 bits per heavy atom. The summed E-state index contributed by atoms with van der Waals surface area (Å²) < 4.78 is 11.0. The maximum Gasteiger partial charge on any atom is 0.308 e. The lowest BCUT2D eigenvalue weighted by Gasteiger charge is -2.31. The van der Waals surface area contributed by atoms with E-state index in [0.717, 1.165) is 43.4 Å². The largest absolute Gasteiger partial charge is 0.481 e. The van der Waals surface area contributed by atoms with E-state index in [1.807, 2.05) is 30.3 Å². The van der Waals surface area contributed by atoms with Gasteiger partial charge in [-0.1, -0.05) is 46.1 Å². The molecule has 1 amide bonds. The Kier molecular flexibility index (Phi) is 9.03. The minimum absolute atomic E-state index is 0.0231. The van der Waals surface area contributed by atoms with Crippen molar-refractivity contribution < 1.29 is 24.2 Å². The number of hydrogen-bond donors (Lipinski definition) is 1. The van der Waals surface area contributed by atoms with Gasteiger partial charge in [-0.2, -0.15) is 0 Å². The fourth-order valence-electron chi connectivity index (χ4n) is 5.78. The Morgan fingerprint density at radius 3 is 2.70 bits per heavy atom. The monoisotopic (exact) mass is 509 g/mol. The van der Waals surface area contributed by atoms with Gasteiger partial charge in [-0.25, -0.2) is 0 Å². The van der Waals surface area contributed by atoms with Crippen molar-refractivity contribution in [3.8, 4) is 11.5 Å². The molecule has 0 saturated carbocycles. The van der Waals surface area contributed by atoms with Gasteiger partial charge in [0, 0.05) is 31.2 Å². The number of anilines is 1. The first-order valence-corrected chi connectivity index (χ1v) is 13.5. The van der Waals surface area contributed by atoms with Crippen LogP contribution in [0.4, 0.5) is 5.69 Å². The number of aromatic nitrogens is 1. The molecule has 2 aliphatic heterocycles. The van der Waals surface area contributed by atoms with Gasteiger partial charge in [0.05, 0.1) is 24.3 Å². The molecule has 2 aromatic rings. The average Bonchev–Trinajstić information content (AvgIpc) is 3.49. The quantitative estimate of drug-likeness (QED) is 0.433. The van der Waals surface area contributed by atoms with E-state index in [0.29, 0.717) is 30.5 Å². The lowest BCUT2D eigenvalue weighted by molar-refractivity contribution is -0.143. The fraction of sp³-hybridized carbons (Fsp3) is 0.552. The van der Waals surface area contributed by atoms with E-state index in [9.17, 15) is 14.7 Å². The number of carbonyl (C=O) groups is 2. The fourth-order valence-corrected chi connectivity index (χ4v) is 5.78. The molecule has 37 heavy (non-hydrogen) atoms. The molecule has 8 heteroatoms. The summed E-state index contributed by atoms with van der Waals surface area (Å²) in [5, 5.41) is 10.4. The molecule has 1 aromatic heterocycles. The van der Waals surface area contributed by atoms with Gasteiger partial charge < -0.3 is 19.5 Å². The zero-order valence-corrected chi connectivity index (χ0v) is 22.1. The summed E-state index contributed by atoms with van der Waals surface area (Å²) in [6.07, 6.45) is 8.08. The summed E-state index contributed by atoms with van der Waals surface area (Å²) in [5.74, 6) is -0.0202. The van der Waals surface area contributed by atoms with Crippen LogP contribution in [0.15, 0.2) is 42.7 Å². The lowest BCUT2D eigenvalue weighted by Crippen LogP contribution is -2.45. The van der Waals surface area contributed by atoms with E-state index in [-0.39, 0.29) is 31.2 Å². The van der Waals surface area contributed by atoms with Crippen molar-refractivity contribution in [2.45, 2.75) is 64.8 Å². The average molecular weight is 510 g/mol. The summed E-state index contributed by atoms with van der Waals surface area (Å²) in [6.45, 7) is 7.89. The minimum Gasteiger partial charge on any atom is -0.481 e. The summed E-state index contributed by atoms with van der Waals surface area (Å²) in [6, 6.07) is 9.21. The first-order chi connectivity index (χ1) is 17.9. The molecule has 200 valence electrons. The number of carboxylic acid groups (broad SMARTS) is 1. The van der Waals surface area contributed by atoms with E-state index in [1.165, 1.54) is 0 Å². The Hall–Kier alpha value is -3.13. The van der Waals surface area contributed by atoms with Gasteiger partial charge >= 0.3 is 5.97 Å². The van der Waals surface area contributed by atoms with Gasteiger partial charge in [-0.15, -0.1) is 0 Å². The number of hydrogen-bond acceptors (Lipinski definition) is 6. The third-order valence-corrected chi connectivity index (χ3v) is 7.62. The second-order valence-corrected chi connectivity index (χ2v) is 10.3. The third-order valence-electron chi connectivity index (χ3n) is 7.62. The zero-order chi connectivity index (χ0) is 26.4. The molecule has 0 radical (unpaired) electrons. The van der Waals surface area contributed by atoms with Gasteiger partial charge in [0.2, 0.25) is 12.7 Å². The zero-order valence-electron chi connectivity index (χ0n) is 22.1. The second-order valence-electron chi connectivity index (χ2n) is 10.3. The van der Waals surface area contributed by atoms with E-state index in [1.54, 1.807) is 17.3 Å². The SMILES string of the molecule is CCCCN(C(=O)CN1C[C@H](c2ccc3c(c2)OCO3)C(C(=O)O)[C@@H]1CC(C)CCC)c1cccnc1. The number of rotatable bonds is 12. The van der Waals surface area contributed by atoms with Crippen molar-refractivity contribution in [1.29, 1.82) is 0 Å². The highest BCUT2D eigenvalue weighted by molar-refractivity contribution is 5.94. The van der Waals surface area contributed by atoms with Crippen molar-refractivity contribution in [2.24, 2.45) is 11.8 Å². The van der Waals surface area contributed by atoms with Crippen molar-refractivity contribution in [2.75, 3.05) is 31.3 Å². The highest BCUT2D eigenvalue weighted by Gasteiger charge is 2.47. The van der Waals surface area contributed by atoms with Crippen LogP contribution in [0, 0.1) is 11.8 Å². The van der Waals surface area contributed by atoms with Crippen LogP contribution in [0.3, 0.4) is 0 Å². The number of carbonyl (C=O) groups excluding carboxylic acids is 1. The topological polar surface area (TPSA) is 92.2 Å². The predicted octanol–water partition coefficient (Wildman–Crippen LogP) is 4.94. The Labute approximate surface area is 219 Å². The van der Waals surface area contributed by atoms with Crippen LogP contribution in [0.1, 0.15) is 64.4 Å². The van der Waals surface area contributed by atoms with Crippen LogP contribution in [0.2, 0.25) is 0 Å². The molecule has 0 spiro atoms. The number of benzene rings is 1. The Bertz CT molecular complexity index is 1060. The summed E-state index contributed by atoms with van der Waals surface area (Å²) in [4.78, 5) is 34.5. The number of amides is 1. The number of unbranched alkanes of at least 4 members (excludes halogenated alkanes) is 1. The van der Waals surface area contributed by atoms with Crippen LogP contribution < -0.4 is 14.4 Å². The lowest BCUT2D eigenvalue weighted by atomic mass is 9.81. The number of fused-ring (bicyclic) bond motifs is 1. The molecule has 1 fully saturated rings.